The summed E-state index contributed by atoms with van der Waals surface area (Å²) in [6.45, 7) is -0.108. The molecule has 1 unspecified atom stereocenters. The number of nitrogens with one attached hydrogen (secondary N) is 1. The molecule has 2 N–H and O–H groups in total. The molecular weight excluding hydrogens is 241 g/mol. The summed E-state index contributed by atoms with van der Waals surface area (Å²) in [6, 6.07) is 0. The summed E-state index contributed by atoms with van der Waals surface area (Å²) < 4.78 is 35.3. The maximum Gasteiger partial charge on any atom is 0.405 e. The summed E-state index contributed by atoms with van der Waals surface area (Å²) in [5.41, 5.74) is 0. The predicted octanol–water partition coefficient (Wildman–Crippen LogP) is 0.317. The Labute approximate surface area is 96.6 Å². The molecule has 100 valence electrons. The third-order valence-electron chi connectivity index (χ3n) is 1.91. The van der Waals surface area contributed by atoms with Crippen molar-refractivity contribution in [3.63, 3.8) is 0 Å². The molecule has 0 aromatic heterocycles. The first-order valence-electron chi connectivity index (χ1n) is 4.86. The minimum absolute atomic E-state index is 0.0920. The Hall–Kier alpha value is -1.31. The maximum atomic E-state index is 11.8. The predicted molar refractivity (Wildman–Crippen MR) is 53.4 cm³/mol. The molecule has 0 bridgehead atoms. The summed E-state index contributed by atoms with van der Waals surface area (Å²) >= 11 is 0. The molecule has 0 aliphatic carbocycles. The van der Waals surface area contributed by atoms with Crippen LogP contribution in [0.15, 0.2) is 0 Å². The molecule has 0 saturated heterocycles. The van der Waals surface area contributed by atoms with Gasteiger partial charge < -0.3 is 10.4 Å². The lowest BCUT2D eigenvalue weighted by Crippen LogP contribution is -2.41. The first kappa shape index (κ1) is 15.7. The third-order valence-corrected chi connectivity index (χ3v) is 1.91. The van der Waals surface area contributed by atoms with Crippen LogP contribution in [0.25, 0.3) is 0 Å². The summed E-state index contributed by atoms with van der Waals surface area (Å²) in [5, 5.41) is 10.3. The average Bonchev–Trinajstić information content (AvgIpc) is 2.13. The first-order chi connectivity index (χ1) is 7.61. The van der Waals surface area contributed by atoms with Gasteiger partial charge in [0.05, 0.1) is 12.5 Å². The van der Waals surface area contributed by atoms with Crippen molar-refractivity contribution >= 4 is 11.9 Å². The fourth-order valence-electron chi connectivity index (χ4n) is 1.11. The molecule has 1 amide bonds. The minimum Gasteiger partial charge on any atom is -0.481 e. The van der Waals surface area contributed by atoms with Crippen molar-refractivity contribution in [3.8, 4) is 0 Å². The number of nitrogens with zero attached hydrogens (tertiary/aromatic N) is 1. The van der Waals surface area contributed by atoms with E-state index in [1.54, 1.807) is 5.32 Å². The maximum absolute atomic E-state index is 11.8. The first-order valence-corrected chi connectivity index (χ1v) is 4.86. The van der Waals surface area contributed by atoms with Gasteiger partial charge in [0.1, 0.15) is 6.54 Å². The zero-order chi connectivity index (χ0) is 13.6. The molecule has 0 fully saturated rings. The Morgan fingerprint density at radius 1 is 1.41 bits per heavy atom. The van der Waals surface area contributed by atoms with Crippen molar-refractivity contribution in [2.75, 3.05) is 26.7 Å². The van der Waals surface area contributed by atoms with Gasteiger partial charge in [0.15, 0.2) is 0 Å². The van der Waals surface area contributed by atoms with E-state index < -0.39 is 30.5 Å². The number of hydrogen-bond donors (Lipinski definition) is 2. The fraction of sp³-hybridized carbons (Fsp3) is 0.778. The highest BCUT2D eigenvalue weighted by Crippen LogP contribution is 2.11. The zero-order valence-electron chi connectivity index (χ0n) is 9.54. The van der Waals surface area contributed by atoms with Crippen LogP contribution in [0.1, 0.15) is 6.92 Å². The fourth-order valence-corrected chi connectivity index (χ4v) is 1.11. The van der Waals surface area contributed by atoms with Gasteiger partial charge in [-0.1, -0.05) is 6.92 Å². The summed E-state index contributed by atoms with van der Waals surface area (Å²) in [6.07, 6.45) is -4.44. The molecule has 8 heteroatoms. The van der Waals surface area contributed by atoms with Gasteiger partial charge in [0.25, 0.3) is 0 Å². The Kier molecular flexibility index (Phi) is 5.94. The van der Waals surface area contributed by atoms with E-state index in [4.69, 9.17) is 5.11 Å². The van der Waals surface area contributed by atoms with E-state index >= 15 is 0 Å². The molecule has 5 nitrogen and oxygen atoms in total. The molecule has 0 radical (unpaired) electrons. The molecule has 0 aromatic rings. The topological polar surface area (TPSA) is 69.6 Å². The van der Waals surface area contributed by atoms with E-state index in [1.807, 2.05) is 0 Å². The molecule has 0 rings (SSSR count). The van der Waals surface area contributed by atoms with E-state index in [0.29, 0.717) is 0 Å². The van der Waals surface area contributed by atoms with Crippen LogP contribution in [-0.2, 0) is 9.59 Å². The minimum atomic E-state index is -4.44. The van der Waals surface area contributed by atoms with Crippen molar-refractivity contribution < 1.29 is 27.9 Å². The molecule has 0 heterocycles. The molecule has 0 aliphatic rings. The number of amides is 1. The van der Waals surface area contributed by atoms with Crippen LogP contribution in [0, 0.1) is 5.92 Å². The summed E-state index contributed by atoms with van der Waals surface area (Å²) in [4.78, 5) is 22.9. The second-order valence-electron chi connectivity index (χ2n) is 3.83. The van der Waals surface area contributed by atoms with Crippen molar-refractivity contribution in [2.45, 2.75) is 13.1 Å². The number of carbonyl (C=O) groups is 2. The van der Waals surface area contributed by atoms with Gasteiger partial charge in [-0.05, 0) is 7.05 Å². The van der Waals surface area contributed by atoms with Crippen LogP contribution in [0.4, 0.5) is 13.2 Å². The lowest BCUT2D eigenvalue weighted by Gasteiger charge is -2.18. The number of carbonyl (C=O) groups excluding carboxylic acids is 1. The number of aliphatic carboxylic acids is 1. The quantitative estimate of drug-likeness (QED) is 0.718. The van der Waals surface area contributed by atoms with Gasteiger partial charge in [-0.3, -0.25) is 14.5 Å². The molecule has 1 atom stereocenters. The van der Waals surface area contributed by atoms with Crippen LogP contribution >= 0.6 is 0 Å². The highest BCUT2D eigenvalue weighted by molar-refractivity contribution is 5.78. The van der Waals surface area contributed by atoms with Crippen LogP contribution < -0.4 is 5.32 Å². The van der Waals surface area contributed by atoms with Gasteiger partial charge in [-0.15, -0.1) is 0 Å². The Balaban J connectivity index is 3.92. The number of likely N-dealkylation sites (N-methyl/N-ethyl adjacent to an activating group) is 1. The molecule has 0 aliphatic heterocycles. The Morgan fingerprint density at radius 3 is 2.35 bits per heavy atom. The third kappa shape index (κ3) is 8.49. The second kappa shape index (κ2) is 6.43. The summed E-state index contributed by atoms with van der Waals surface area (Å²) in [7, 11) is 1.46. The Bertz CT molecular complexity index is 281. The van der Waals surface area contributed by atoms with Crippen molar-refractivity contribution in [2.24, 2.45) is 5.92 Å². The SMILES string of the molecule is CC(CN(C)CC(=O)NCC(F)(F)F)C(=O)O. The molecule has 0 aromatic carbocycles. The van der Waals surface area contributed by atoms with Gasteiger partial charge >= 0.3 is 12.1 Å². The van der Waals surface area contributed by atoms with E-state index in [-0.39, 0.29) is 13.1 Å². The standard InChI is InChI=1S/C9H15F3N2O3/c1-6(8(16)17)3-14(2)4-7(15)13-5-9(10,11)12/h6H,3-5H2,1-2H3,(H,13,15)(H,16,17). The van der Waals surface area contributed by atoms with Gasteiger partial charge in [0, 0.05) is 6.54 Å². The van der Waals surface area contributed by atoms with E-state index in [2.05, 4.69) is 0 Å². The zero-order valence-corrected chi connectivity index (χ0v) is 9.54. The van der Waals surface area contributed by atoms with Crippen LogP contribution in [0.3, 0.4) is 0 Å². The van der Waals surface area contributed by atoms with E-state index in [0.717, 1.165) is 0 Å². The molecular formula is C9H15F3N2O3. The van der Waals surface area contributed by atoms with E-state index in [9.17, 15) is 22.8 Å². The Morgan fingerprint density at radius 2 is 1.94 bits per heavy atom. The molecule has 0 saturated carbocycles. The highest BCUT2D eigenvalue weighted by Gasteiger charge is 2.27. The smallest absolute Gasteiger partial charge is 0.405 e. The van der Waals surface area contributed by atoms with Crippen molar-refractivity contribution in [1.29, 1.82) is 0 Å². The van der Waals surface area contributed by atoms with E-state index in [1.165, 1.54) is 18.9 Å². The van der Waals surface area contributed by atoms with Crippen LogP contribution in [-0.4, -0.2) is 54.7 Å². The largest absolute Gasteiger partial charge is 0.481 e. The average molecular weight is 256 g/mol. The van der Waals surface area contributed by atoms with Crippen molar-refractivity contribution in [1.82, 2.24) is 10.2 Å². The lowest BCUT2D eigenvalue weighted by atomic mass is 10.2. The lowest BCUT2D eigenvalue weighted by molar-refractivity contribution is -0.142. The van der Waals surface area contributed by atoms with Gasteiger partial charge in [-0.25, -0.2) is 0 Å². The van der Waals surface area contributed by atoms with Crippen LogP contribution in [0.2, 0.25) is 0 Å². The van der Waals surface area contributed by atoms with Gasteiger partial charge in [0.2, 0.25) is 5.91 Å². The summed E-state index contributed by atoms with van der Waals surface area (Å²) in [5.74, 6) is -2.50. The number of alkyl halides is 3. The molecule has 0 spiro atoms. The number of carboxylic acid groups (broad SMARTS) is 1. The number of rotatable bonds is 6. The monoisotopic (exact) mass is 256 g/mol. The molecule has 17 heavy (non-hydrogen) atoms. The second-order valence-corrected chi connectivity index (χ2v) is 3.83. The number of carboxylic acids is 1. The number of hydrogen-bond acceptors (Lipinski definition) is 3. The normalized spacial score (nSPS) is 13.5. The van der Waals surface area contributed by atoms with Gasteiger partial charge in [-0.2, -0.15) is 13.2 Å². The highest BCUT2D eigenvalue weighted by atomic mass is 19.4. The number of halogens is 3. The van der Waals surface area contributed by atoms with Crippen molar-refractivity contribution in [3.05, 3.63) is 0 Å². The van der Waals surface area contributed by atoms with Crippen LogP contribution in [0.5, 0.6) is 0 Å².